The van der Waals surface area contributed by atoms with Crippen molar-refractivity contribution in [3.8, 4) is 0 Å². The molecule has 1 heterocycles. The van der Waals surface area contributed by atoms with Gasteiger partial charge in [-0.2, -0.15) is 0 Å². The lowest BCUT2D eigenvalue weighted by Gasteiger charge is -2.02. The molecular formula is C18H32N+. The Kier molecular flexibility index (Phi) is 9.40. The maximum atomic E-state index is 2.28. The second-order valence-corrected chi connectivity index (χ2v) is 5.62. The van der Waals surface area contributed by atoms with Crippen molar-refractivity contribution in [1.29, 1.82) is 0 Å². The highest BCUT2D eigenvalue weighted by Crippen LogP contribution is 2.11. The Morgan fingerprint density at radius 1 is 0.737 bits per heavy atom. The van der Waals surface area contributed by atoms with E-state index >= 15 is 0 Å². The Morgan fingerprint density at radius 3 is 1.79 bits per heavy atom. The lowest BCUT2D eigenvalue weighted by Crippen LogP contribution is -2.30. The van der Waals surface area contributed by atoms with Crippen LogP contribution in [0, 0.1) is 0 Å². The van der Waals surface area contributed by atoms with Crippen molar-refractivity contribution in [2.24, 2.45) is 0 Å². The van der Waals surface area contributed by atoms with Crippen LogP contribution in [-0.4, -0.2) is 0 Å². The first-order valence-corrected chi connectivity index (χ1v) is 8.34. The van der Waals surface area contributed by atoms with Gasteiger partial charge < -0.3 is 0 Å². The molecule has 0 bridgehead atoms. The van der Waals surface area contributed by atoms with Crippen molar-refractivity contribution >= 4 is 0 Å². The fourth-order valence-electron chi connectivity index (χ4n) is 2.51. The molecule has 1 heteroatoms. The minimum atomic E-state index is 1.07. The summed E-state index contributed by atoms with van der Waals surface area (Å²) < 4.78 is 2.22. The van der Waals surface area contributed by atoms with Crippen molar-refractivity contribution in [1.82, 2.24) is 0 Å². The van der Waals surface area contributed by atoms with E-state index in [-0.39, 0.29) is 0 Å². The lowest BCUT2D eigenvalue weighted by molar-refractivity contribution is -0.693. The minimum absolute atomic E-state index is 1.07. The number of aryl methyl sites for hydroxylation is 2. The Morgan fingerprint density at radius 2 is 1.26 bits per heavy atom. The molecule has 0 unspecified atom stereocenters. The Labute approximate surface area is 120 Å². The van der Waals surface area contributed by atoms with E-state index in [9.17, 15) is 0 Å². The van der Waals surface area contributed by atoms with Gasteiger partial charge in [-0.15, -0.1) is 0 Å². The van der Waals surface area contributed by atoms with Crippen molar-refractivity contribution in [3.63, 3.8) is 0 Å². The molecule has 19 heavy (non-hydrogen) atoms. The largest absolute Gasteiger partial charge is 0.205 e. The average Bonchev–Trinajstić information content (AvgIpc) is 2.46. The van der Waals surface area contributed by atoms with Crippen LogP contribution in [0.5, 0.6) is 0 Å². The summed E-state index contributed by atoms with van der Waals surface area (Å²) >= 11 is 0. The summed E-state index contributed by atoms with van der Waals surface area (Å²) in [7, 11) is 0. The van der Waals surface area contributed by atoms with Crippen molar-refractivity contribution in [3.05, 3.63) is 30.1 Å². The number of pyridine rings is 1. The number of unbranched alkanes of at least 4 members (excludes halogenated alkanes) is 8. The highest BCUT2D eigenvalue weighted by atomic mass is 14.9. The van der Waals surface area contributed by atoms with Crippen molar-refractivity contribution < 1.29 is 4.57 Å². The van der Waals surface area contributed by atoms with E-state index in [0.29, 0.717) is 0 Å². The Hall–Kier alpha value is -0.850. The third-order valence-corrected chi connectivity index (χ3v) is 3.89. The van der Waals surface area contributed by atoms with Gasteiger partial charge in [0.05, 0.1) is 0 Å². The highest BCUT2D eigenvalue weighted by molar-refractivity contribution is 5.07. The number of rotatable bonds is 11. The second-order valence-electron chi connectivity index (χ2n) is 5.62. The van der Waals surface area contributed by atoms with E-state index in [1.54, 1.807) is 0 Å². The predicted octanol–water partition coefficient (Wildman–Crippen LogP) is 5.07. The summed E-state index contributed by atoms with van der Waals surface area (Å²) in [6, 6.07) is 4.54. The molecule has 1 nitrogen and oxygen atoms in total. The van der Waals surface area contributed by atoms with Crippen molar-refractivity contribution in [2.75, 3.05) is 0 Å². The fraction of sp³-hybridized carbons (Fsp3) is 0.722. The number of hydrogen-bond donors (Lipinski definition) is 0. The molecule has 1 rings (SSSR count). The molecule has 0 aliphatic heterocycles. The molecule has 0 N–H and O–H groups in total. The molecule has 0 saturated heterocycles. The molecular weight excluding hydrogens is 230 g/mol. The Bertz CT molecular complexity index is 302. The van der Waals surface area contributed by atoms with Gasteiger partial charge in [-0.05, 0) is 25.3 Å². The van der Waals surface area contributed by atoms with E-state index in [1.165, 1.54) is 69.8 Å². The Balaban J connectivity index is 1.95. The molecule has 1 aromatic heterocycles. The first kappa shape index (κ1) is 16.2. The van der Waals surface area contributed by atoms with Crippen LogP contribution in [0.1, 0.15) is 77.2 Å². The van der Waals surface area contributed by atoms with Gasteiger partial charge in [-0.1, -0.05) is 58.3 Å². The van der Waals surface area contributed by atoms with Gasteiger partial charge in [-0.3, -0.25) is 0 Å². The van der Waals surface area contributed by atoms with Crippen LogP contribution in [0.3, 0.4) is 0 Å². The molecule has 0 radical (unpaired) electrons. The normalized spacial score (nSPS) is 10.8. The third-order valence-electron chi connectivity index (χ3n) is 3.89. The van der Waals surface area contributed by atoms with Gasteiger partial charge in [-0.25, -0.2) is 4.57 Å². The summed E-state index contributed by atoms with van der Waals surface area (Å²) in [5.74, 6) is 0. The standard InChI is InChI=1S/C18H32N/c1-3-5-6-7-8-9-10-11-12-13-18-14-16-19(4-2)17-15-18/h14-17H,3-13H2,1-2H3/q+1. The number of aromatic nitrogens is 1. The van der Waals surface area contributed by atoms with Crippen LogP contribution in [0.2, 0.25) is 0 Å². The molecule has 0 amide bonds. The maximum Gasteiger partial charge on any atom is 0.169 e. The summed E-state index contributed by atoms with van der Waals surface area (Å²) in [6.45, 7) is 5.53. The second kappa shape index (κ2) is 11.0. The van der Waals surface area contributed by atoms with Crippen LogP contribution >= 0.6 is 0 Å². The third kappa shape index (κ3) is 8.02. The van der Waals surface area contributed by atoms with Crippen LogP contribution < -0.4 is 4.57 Å². The topological polar surface area (TPSA) is 3.88 Å². The van der Waals surface area contributed by atoms with E-state index in [0.717, 1.165) is 6.54 Å². The monoisotopic (exact) mass is 262 g/mol. The molecule has 0 saturated carbocycles. The number of nitrogens with zero attached hydrogens (tertiary/aromatic N) is 1. The van der Waals surface area contributed by atoms with Gasteiger partial charge >= 0.3 is 0 Å². The smallest absolute Gasteiger partial charge is 0.169 e. The predicted molar refractivity (Wildman–Crippen MR) is 83.2 cm³/mol. The highest BCUT2D eigenvalue weighted by Gasteiger charge is 1.98. The van der Waals surface area contributed by atoms with Gasteiger partial charge in [0.25, 0.3) is 0 Å². The zero-order chi connectivity index (χ0) is 13.8. The molecule has 1 aromatic rings. The first-order chi connectivity index (χ1) is 9.36. The molecule has 0 fully saturated rings. The first-order valence-electron chi connectivity index (χ1n) is 8.34. The molecule has 108 valence electrons. The van der Waals surface area contributed by atoms with Gasteiger partial charge in [0, 0.05) is 12.1 Å². The minimum Gasteiger partial charge on any atom is -0.205 e. The average molecular weight is 262 g/mol. The van der Waals surface area contributed by atoms with Crippen LogP contribution in [0.4, 0.5) is 0 Å². The zero-order valence-electron chi connectivity index (χ0n) is 13.0. The van der Waals surface area contributed by atoms with Gasteiger partial charge in [0.1, 0.15) is 6.54 Å². The van der Waals surface area contributed by atoms with E-state index < -0.39 is 0 Å². The number of hydrogen-bond acceptors (Lipinski definition) is 0. The quantitative estimate of drug-likeness (QED) is 0.387. The van der Waals surface area contributed by atoms with Gasteiger partial charge in [0.2, 0.25) is 0 Å². The summed E-state index contributed by atoms with van der Waals surface area (Å²) in [4.78, 5) is 0. The van der Waals surface area contributed by atoms with Crippen molar-refractivity contribution in [2.45, 2.75) is 84.6 Å². The summed E-state index contributed by atoms with van der Waals surface area (Å²) in [5, 5.41) is 0. The lowest BCUT2D eigenvalue weighted by atomic mass is 10.0. The van der Waals surface area contributed by atoms with Crippen LogP contribution in [-0.2, 0) is 13.0 Å². The fourth-order valence-corrected chi connectivity index (χ4v) is 2.51. The molecule has 0 spiro atoms. The molecule has 0 aromatic carbocycles. The van der Waals surface area contributed by atoms with E-state index in [2.05, 4.69) is 42.9 Å². The SMILES string of the molecule is CCCCCCCCCCCc1cc[n+](CC)cc1. The van der Waals surface area contributed by atoms with Crippen LogP contribution in [0.15, 0.2) is 24.5 Å². The summed E-state index contributed by atoms with van der Waals surface area (Å²) in [6.07, 6.45) is 18.4. The van der Waals surface area contributed by atoms with Crippen LogP contribution in [0.25, 0.3) is 0 Å². The maximum absolute atomic E-state index is 2.28. The molecule has 0 aliphatic rings. The van der Waals surface area contributed by atoms with E-state index in [4.69, 9.17) is 0 Å². The molecule has 0 aliphatic carbocycles. The molecule has 0 atom stereocenters. The van der Waals surface area contributed by atoms with Gasteiger partial charge in [0.15, 0.2) is 12.4 Å². The summed E-state index contributed by atoms with van der Waals surface area (Å²) in [5.41, 5.74) is 1.49. The van der Waals surface area contributed by atoms with E-state index in [1.807, 2.05) is 0 Å². The zero-order valence-corrected chi connectivity index (χ0v) is 13.0.